The molecule has 0 saturated carbocycles. The molecular weight excluding hydrogens is 254 g/mol. The Bertz CT molecular complexity index is 516. The summed E-state index contributed by atoms with van der Waals surface area (Å²) in [6, 6.07) is 1.11. The maximum atomic E-state index is 11.3. The average Bonchev–Trinajstić information content (AvgIpc) is 2.61. The second-order valence-electron chi connectivity index (χ2n) is 2.98. The van der Waals surface area contributed by atoms with E-state index in [0.29, 0.717) is 0 Å². The molecule has 0 aliphatic rings. The molecule has 88 valence electrons. The topological polar surface area (TPSA) is 104 Å². The number of sulfonamides is 1. The number of carbonyl (C=O) groups is 2. The van der Waals surface area contributed by atoms with E-state index in [1.165, 1.54) is 12.3 Å². The molecule has 0 spiro atoms. The summed E-state index contributed by atoms with van der Waals surface area (Å²) in [4.78, 5) is 21.8. The van der Waals surface area contributed by atoms with Crippen LogP contribution in [0.3, 0.4) is 0 Å². The molecule has 0 fully saturated rings. The minimum Gasteiger partial charge on any atom is -0.454 e. The Hall–Kier alpha value is -1.25. The number of rotatable bonds is 4. The van der Waals surface area contributed by atoms with Gasteiger partial charge in [-0.2, -0.15) is 0 Å². The fourth-order valence-corrected chi connectivity index (χ4v) is 2.40. The molecule has 0 unspecified atom stereocenters. The lowest BCUT2D eigenvalue weighted by Gasteiger charge is -1.98. The van der Waals surface area contributed by atoms with Crippen LogP contribution in [0.15, 0.2) is 15.7 Å². The van der Waals surface area contributed by atoms with E-state index < -0.39 is 16.0 Å². The molecule has 8 heteroatoms. The van der Waals surface area contributed by atoms with Crippen LogP contribution in [0.25, 0.3) is 0 Å². The van der Waals surface area contributed by atoms with Gasteiger partial charge in [-0.3, -0.25) is 4.79 Å². The number of hydrogen-bond acceptors (Lipinski definition) is 6. The summed E-state index contributed by atoms with van der Waals surface area (Å²) in [6.45, 7) is 0.941. The van der Waals surface area contributed by atoms with Crippen LogP contribution >= 0.6 is 11.3 Å². The summed E-state index contributed by atoms with van der Waals surface area (Å²) >= 11 is 0.820. The highest BCUT2D eigenvalue weighted by Crippen LogP contribution is 2.19. The highest BCUT2D eigenvalue weighted by atomic mass is 32.2. The maximum Gasteiger partial charge on any atom is 0.339 e. The van der Waals surface area contributed by atoms with Gasteiger partial charge in [-0.15, -0.1) is 11.3 Å². The lowest BCUT2D eigenvalue weighted by molar-refractivity contribution is -0.120. The van der Waals surface area contributed by atoms with Gasteiger partial charge in [0.15, 0.2) is 5.78 Å². The summed E-state index contributed by atoms with van der Waals surface area (Å²) in [6.07, 6.45) is 0. The fraction of sp³-hybridized carbons (Fsp3) is 0.250. The van der Waals surface area contributed by atoms with Gasteiger partial charge >= 0.3 is 5.97 Å². The molecule has 0 aromatic carbocycles. The number of esters is 1. The van der Waals surface area contributed by atoms with Gasteiger partial charge in [0, 0.05) is 5.38 Å². The van der Waals surface area contributed by atoms with Crippen molar-refractivity contribution in [3.8, 4) is 0 Å². The van der Waals surface area contributed by atoms with Gasteiger partial charge in [0.2, 0.25) is 10.0 Å². The first kappa shape index (κ1) is 12.8. The molecule has 2 N–H and O–H groups in total. The Labute approximate surface area is 96.1 Å². The third kappa shape index (κ3) is 3.40. The highest BCUT2D eigenvalue weighted by molar-refractivity contribution is 7.91. The molecule has 0 aliphatic carbocycles. The van der Waals surface area contributed by atoms with Crippen molar-refractivity contribution >= 4 is 33.1 Å². The quantitative estimate of drug-likeness (QED) is 0.778. The third-order valence-electron chi connectivity index (χ3n) is 1.50. The van der Waals surface area contributed by atoms with Gasteiger partial charge < -0.3 is 4.74 Å². The highest BCUT2D eigenvalue weighted by Gasteiger charge is 2.16. The average molecular weight is 263 g/mol. The van der Waals surface area contributed by atoms with Crippen molar-refractivity contribution in [1.82, 2.24) is 0 Å². The van der Waals surface area contributed by atoms with Crippen molar-refractivity contribution in [2.45, 2.75) is 11.1 Å². The summed E-state index contributed by atoms with van der Waals surface area (Å²) in [5.41, 5.74) is 0.0651. The van der Waals surface area contributed by atoms with Crippen molar-refractivity contribution < 1.29 is 22.7 Å². The van der Waals surface area contributed by atoms with Crippen LogP contribution in [-0.4, -0.2) is 26.8 Å². The number of nitrogens with two attached hydrogens (primary N) is 1. The Kier molecular flexibility index (Phi) is 3.79. The molecule has 6 nitrogen and oxygen atoms in total. The Balaban J connectivity index is 2.79. The number of primary sulfonamides is 1. The van der Waals surface area contributed by atoms with Crippen LogP contribution in [0.2, 0.25) is 0 Å². The minimum atomic E-state index is -3.80. The van der Waals surface area contributed by atoms with E-state index in [2.05, 4.69) is 4.74 Å². The summed E-state index contributed by atoms with van der Waals surface area (Å²) in [5.74, 6) is -1.04. The van der Waals surface area contributed by atoms with Crippen molar-refractivity contribution in [3.63, 3.8) is 0 Å². The van der Waals surface area contributed by atoms with E-state index in [4.69, 9.17) is 5.14 Å². The third-order valence-corrected chi connectivity index (χ3v) is 3.88. The smallest absolute Gasteiger partial charge is 0.339 e. The number of ether oxygens (including phenoxy) is 1. The van der Waals surface area contributed by atoms with Gasteiger partial charge in [0.25, 0.3) is 0 Å². The molecular formula is C8H9NO5S2. The van der Waals surface area contributed by atoms with E-state index in [1.54, 1.807) is 0 Å². The van der Waals surface area contributed by atoms with Crippen molar-refractivity contribution in [2.24, 2.45) is 5.14 Å². The summed E-state index contributed by atoms with van der Waals surface area (Å²) < 4.78 is 26.3. The van der Waals surface area contributed by atoms with Crippen LogP contribution in [0.1, 0.15) is 17.3 Å². The predicted molar refractivity (Wildman–Crippen MR) is 56.7 cm³/mol. The van der Waals surface area contributed by atoms with Gasteiger partial charge in [0.1, 0.15) is 10.8 Å². The van der Waals surface area contributed by atoms with E-state index in [9.17, 15) is 18.0 Å². The maximum absolute atomic E-state index is 11.3. The molecule has 1 heterocycles. The molecule has 0 bridgehead atoms. The van der Waals surface area contributed by atoms with Gasteiger partial charge in [-0.1, -0.05) is 0 Å². The monoisotopic (exact) mass is 263 g/mol. The van der Waals surface area contributed by atoms with E-state index >= 15 is 0 Å². The molecule has 0 atom stereocenters. The van der Waals surface area contributed by atoms with Gasteiger partial charge in [-0.25, -0.2) is 18.4 Å². The summed E-state index contributed by atoms with van der Waals surface area (Å²) in [7, 11) is -3.80. The molecule has 16 heavy (non-hydrogen) atoms. The number of thiophene rings is 1. The van der Waals surface area contributed by atoms with Crippen LogP contribution in [0, 0.1) is 0 Å². The number of hydrogen-bond donors (Lipinski definition) is 1. The van der Waals surface area contributed by atoms with Crippen LogP contribution in [0.4, 0.5) is 0 Å². The first-order valence-corrected chi connectivity index (χ1v) is 6.51. The zero-order valence-electron chi connectivity index (χ0n) is 8.30. The largest absolute Gasteiger partial charge is 0.454 e. The van der Waals surface area contributed by atoms with E-state index in [-0.39, 0.29) is 22.2 Å². The van der Waals surface area contributed by atoms with Gasteiger partial charge in [-0.05, 0) is 13.0 Å². The molecule has 0 amide bonds. The van der Waals surface area contributed by atoms with Crippen LogP contribution < -0.4 is 5.14 Å². The van der Waals surface area contributed by atoms with Crippen molar-refractivity contribution in [3.05, 3.63) is 17.0 Å². The SMILES string of the molecule is CC(=O)COC(=O)c1csc(S(N)(=O)=O)c1. The van der Waals surface area contributed by atoms with E-state index in [1.807, 2.05) is 0 Å². The minimum absolute atomic E-state index is 0.0651. The molecule has 0 aliphatic heterocycles. The first-order valence-electron chi connectivity index (χ1n) is 4.08. The molecule has 0 radical (unpaired) electrons. The second kappa shape index (κ2) is 4.73. The van der Waals surface area contributed by atoms with Crippen molar-refractivity contribution in [1.29, 1.82) is 0 Å². The second-order valence-corrected chi connectivity index (χ2v) is 5.68. The van der Waals surface area contributed by atoms with E-state index in [0.717, 1.165) is 17.4 Å². The lowest BCUT2D eigenvalue weighted by atomic mass is 10.3. The van der Waals surface area contributed by atoms with Gasteiger partial charge in [0.05, 0.1) is 5.56 Å². The normalized spacial score (nSPS) is 11.1. The van der Waals surface area contributed by atoms with Crippen LogP contribution in [0.5, 0.6) is 0 Å². The number of carbonyl (C=O) groups excluding carboxylic acids is 2. The lowest BCUT2D eigenvalue weighted by Crippen LogP contribution is -2.12. The molecule has 1 aromatic rings. The van der Waals surface area contributed by atoms with Crippen molar-refractivity contribution in [2.75, 3.05) is 6.61 Å². The summed E-state index contributed by atoms with van der Waals surface area (Å²) in [5, 5.41) is 6.18. The molecule has 0 saturated heterocycles. The predicted octanol–water partition coefficient (Wildman–Crippen LogP) is 0.141. The fourth-order valence-electron chi connectivity index (χ4n) is 0.823. The Morgan fingerprint density at radius 3 is 2.56 bits per heavy atom. The number of Topliss-reactive ketones (excluding diaryl/α,β-unsaturated/α-hetero) is 1. The molecule has 1 rings (SSSR count). The number of ketones is 1. The first-order chi connectivity index (χ1) is 7.30. The zero-order valence-corrected chi connectivity index (χ0v) is 9.93. The van der Waals surface area contributed by atoms with Crippen LogP contribution in [-0.2, 0) is 19.6 Å². The Morgan fingerprint density at radius 2 is 2.12 bits per heavy atom. The Morgan fingerprint density at radius 1 is 1.50 bits per heavy atom. The molecule has 1 aromatic heterocycles. The standard InChI is InChI=1S/C8H9NO5S2/c1-5(10)3-14-8(11)6-2-7(15-4-6)16(9,12)13/h2,4H,3H2,1H3,(H2,9,12,13). The zero-order chi connectivity index (χ0) is 12.3.